The molecule has 0 spiro atoms. The lowest BCUT2D eigenvalue weighted by Gasteiger charge is -2.15. The van der Waals surface area contributed by atoms with Crippen LogP contribution >= 0.6 is 11.6 Å². The van der Waals surface area contributed by atoms with Gasteiger partial charge in [0.05, 0.1) is 9.95 Å². The van der Waals surface area contributed by atoms with Gasteiger partial charge >= 0.3 is 5.69 Å². The maximum atomic E-state index is 11.0. The first-order valence-corrected chi connectivity index (χ1v) is 7.29. The maximum Gasteiger partial charge on any atom is 0.312 e. The smallest absolute Gasteiger partial charge is 0.312 e. The number of halogens is 1. The van der Waals surface area contributed by atoms with Gasteiger partial charge in [-0.25, -0.2) is 4.98 Å². The molecule has 108 valence electrons. The van der Waals surface area contributed by atoms with Crippen molar-refractivity contribution in [2.24, 2.45) is 5.92 Å². The van der Waals surface area contributed by atoms with E-state index in [0.717, 1.165) is 32.1 Å². The van der Waals surface area contributed by atoms with Crippen LogP contribution in [0.4, 0.5) is 11.5 Å². The molecular weight excluding hydrogens is 280 g/mol. The summed E-state index contributed by atoms with van der Waals surface area (Å²) in [5.74, 6) is 0.844. The number of pyridine rings is 1. The van der Waals surface area contributed by atoms with Crippen LogP contribution in [0.2, 0.25) is 5.02 Å². The van der Waals surface area contributed by atoms with Gasteiger partial charge in [-0.1, -0.05) is 11.6 Å². The Bertz CT molecular complexity index is 521. The third kappa shape index (κ3) is 3.02. The Balaban J connectivity index is 1.59. The van der Waals surface area contributed by atoms with Crippen molar-refractivity contribution in [1.82, 2.24) is 9.88 Å². The molecule has 20 heavy (non-hydrogen) atoms. The predicted molar refractivity (Wildman–Crippen MR) is 77.1 cm³/mol. The number of nitrogens with one attached hydrogen (secondary N) is 1. The van der Waals surface area contributed by atoms with E-state index in [2.05, 4.69) is 15.2 Å². The molecular formula is C13H17ClN4O2. The van der Waals surface area contributed by atoms with Crippen LogP contribution in [0.1, 0.15) is 19.3 Å². The third-order valence-corrected chi connectivity index (χ3v) is 4.18. The van der Waals surface area contributed by atoms with Crippen molar-refractivity contribution in [2.45, 2.75) is 25.3 Å². The molecule has 0 radical (unpaired) electrons. The summed E-state index contributed by atoms with van der Waals surface area (Å²) in [4.78, 5) is 17.1. The van der Waals surface area contributed by atoms with Gasteiger partial charge in [0, 0.05) is 31.4 Å². The minimum Gasteiger partial charge on any atom is -0.364 e. The van der Waals surface area contributed by atoms with E-state index < -0.39 is 4.92 Å². The lowest BCUT2D eigenvalue weighted by atomic mass is 10.1. The zero-order valence-electron chi connectivity index (χ0n) is 11.1. The lowest BCUT2D eigenvalue weighted by molar-refractivity contribution is -0.384. The number of nitrogens with zero attached hydrogens (tertiary/aromatic N) is 3. The van der Waals surface area contributed by atoms with E-state index in [1.807, 2.05) is 0 Å². The van der Waals surface area contributed by atoms with Crippen LogP contribution in [-0.2, 0) is 0 Å². The van der Waals surface area contributed by atoms with Gasteiger partial charge in [0.2, 0.25) is 5.82 Å². The SMILES string of the molecule is O=[N+]([O-])c1cc(Cl)cnc1NCC1CCN(C2CC2)C1. The molecule has 1 saturated heterocycles. The first kappa shape index (κ1) is 13.6. The van der Waals surface area contributed by atoms with Crippen molar-refractivity contribution in [3.8, 4) is 0 Å². The average molecular weight is 297 g/mol. The highest BCUT2D eigenvalue weighted by atomic mass is 35.5. The summed E-state index contributed by atoms with van der Waals surface area (Å²) in [7, 11) is 0. The van der Waals surface area contributed by atoms with Gasteiger partial charge in [0.25, 0.3) is 0 Å². The largest absolute Gasteiger partial charge is 0.364 e. The van der Waals surface area contributed by atoms with Crippen molar-refractivity contribution >= 4 is 23.1 Å². The number of anilines is 1. The number of rotatable bonds is 5. The Kier molecular flexibility index (Phi) is 3.76. The molecule has 1 saturated carbocycles. The fraction of sp³-hybridized carbons (Fsp3) is 0.615. The number of likely N-dealkylation sites (tertiary alicyclic amines) is 1. The molecule has 1 aliphatic carbocycles. The highest BCUT2D eigenvalue weighted by Crippen LogP contribution is 2.32. The molecule has 1 aliphatic heterocycles. The van der Waals surface area contributed by atoms with E-state index in [1.54, 1.807) is 0 Å². The molecule has 0 amide bonds. The molecule has 0 aromatic carbocycles. The van der Waals surface area contributed by atoms with Crippen molar-refractivity contribution in [3.05, 3.63) is 27.4 Å². The summed E-state index contributed by atoms with van der Waals surface area (Å²) < 4.78 is 0. The number of hydrogen-bond donors (Lipinski definition) is 1. The van der Waals surface area contributed by atoms with Crippen molar-refractivity contribution in [1.29, 1.82) is 0 Å². The molecule has 1 aromatic rings. The standard InChI is InChI=1S/C13H17ClN4O2/c14-10-5-12(18(19)20)13(16-7-10)15-6-9-3-4-17(8-9)11-1-2-11/h5,7,9,11H,1-4,6,8H2,(H,15,16). The van der Waals surface area contributed by atoms with Gasteiger partial charge in [-0.15, -0.1) is 0 Å². The first-order chi connectivity index (χ1) is 9.63. The zero-order valence-corrected chi connectivity index (χ0v) is 11.8. The molecule has 1 atom stereocenters. The minimum atomic E-state index is -0.452. The zero-order chi connectivity index (χ0) is 14.1. The second-order valence-electron chi connectivity index (χ2n) is 5.54. The van der Waals surface area contributed by atoms with E-state index in [-0.39, 0.29) is 10.7 Å². The Hall–Kier alpha value is -1.40. The Labute approximate surface area is 122 Å². The number of hydrogen-bond acceptors (Lipinski definition) is 5. The van der Waals surface area contributed by atoms with Crippen LogP contribution in [-0.4, -0.2) is 40.5 Å². The highest BCUT2D eigenvalue weighted by Gasteiger charge is 2.34. The van der Waals surface area contributed by atoms with E-state index in [1.165, 1.54) is 25.1 Å². The van der Waals surface area contributed by atoms with Gasteiger partial charge in [-0.2, -0.15) is 0 Å². The van der Waals surface area contributed by atoms with Crippen molar-refractivity contribution in [2.75, 3.05) is 25.0 Å². The monoisotopic (exact) mass is 296 g/mol. The predicted octanol–water partition coefficient (Wildman–Crippen LogP) is 2.54. The third-order valence-electron chi connectivity index (χ3n) is 3.97. The van der Waals surface area contributed by atoms with E-state index in [9.17, 15) is 10.1 Å². The van der Waals surface area contributed by atoms with Crippen LogP contribution in [0.15, 0.2) is 12.3 Å². The number of aromatic nitrogens is 1. The molecule has 2 aliphatic rings. The van der Waals surface area contributed by atoms with Crippen LogP contribution in [0.25, 0.3) is 0 Å². The molecule has 0 bridgehead atoms. The van der Waals surface area contributed by atoms with Gasteiger partial charge in [0.15, 0.2) is 0 Å². The molecule has 1 aromatic heterocycles. The fourth-order valence-electron chi connectivity index (χ4n) is 2.75. The van der Waals surface area contributed by atoms with Gasteiger partial charge in [-0.3, -0.25) is 10.1 Å². The fourth-order valence-corrected chi connectivity index (χ4v) is 2.90. The quantitative estimate of drug-likeness (QED) is 0.668. The molecule has 6 nitrogen and oxygen atoms in total. The Morgan fingerprint density at radius 3 is 3.00 bits per heavy atom. The van der Waals surface area contributed by atoms with E-state index in [4.69, 9.17) is 11.6 Å². The number of nitro groups is 1. The van der Waals surface area contributed by atoms with Gasteiger partial charge < -0.3 is 10.2 Å². The molecule has 1 unspecified atom stereocenters. The van der Waals surface area contributed by atoms with E-state index >= 15 is 0 Å². The Morgan fingerprint density at radius 1 is 1.50 bits per heavy atom. The second-order valence-corrected chi connectivity index (χ2v) is 5.98. The topological polar surface area (TPSA) is 71.3 Å². The van der Waals surface area contributed by atoms with Gasteiger partial charge in [0.1, 0.15) is 0 Å². The van der Waals surface area contributed by atoms with Crippen LogP contribution in [0.5, 0.6) is 0 Å². The highest BCUT2D eigenvalue weighted by molar-refractivity contribution is 6.30. The van der Waals surface area contributed by atoms with Crippen molar-refractivity contribution in [3.63, 3.8) is 0 Å². The molecule has 2 heterocycles. The normalized spacial score (nSPS) is 22.9. The summed E-state index contributed by atoms with van der Waals surface area (Å²) in [6.07, 6.45) is 5.22. The van der Waals surface area contributed by atoms with Gasteiger partial charge in [-0.05, 0) is 31.7 Å². The maximum absolute atomic E-state index is 11.0. The Morgan fingerprint density at radius 2 is 2.30 bits per heavy atom. The molecule has 7 heteroatoms. The van der Waals surface area contributed by atoms with Crippen LogP contribution in [0.3, 0.4) is 0 Å². The lowest BCUT2D eigenvalue weighted by Crippen LogP contribution is -2.25. The van der Waals surface area contributed by atoms with E-state index in [0.29, 0.717) is 11.7 Å². The van der Waals surface area contributed by atoms with Crippen LogP contribution < -0.4 is 5.32 Å². The molecule has 3 rings (SSSR count). The van der Waals surface area contributed by atoms with Crippen molar-refractivity contribution < 1.29 is 4.92 Å². The first-order valence-electron chi connectivity index (χ1n) is 6.91. The minimum absolute atomic E-state index is 0.0606. The second kappa shape index (κ2) is 5.54. The summed E-state index contributed by atoms with van der Waals surface area (Å²) in [5, 5.41) is 14.4. The summed E-state index contributed by atoms with van der Waals surface area (Å²) >= 11 is 5.75. The molecule has 1 N–H and O–H groups in total. The average Bonchev–Trinajstić information content (AvgIpc) is 3.17. The summed E-state index contributed by atoms with van der Waals surface area (Å²) in [6.45, 7) is 2.95. The summed E-state index contributed by atoms with van der Waals surface area (Å²) in [6, 6.07) is 2.13. The van der Waals surface area contributed by atoms with Crippen LogP contribution in [0, 0.1) is 16.0 Å². The molecule has 2 fully saturated rings. The summed E-state index contributed by atoms with van der Waals surface area (Å²) in [5.41, 5.74) is -0.0606.